The third-order valence-corrected chi connectivity index (χ3v) is 4.61. The molecule has 1 aromatic heterocycles. The minimum absolute atomic E-state index is 0.0309. The summed E-state index contributed by atoms with van der Waals surface area (Å²) in [7, 11) is 0. The Kier molecular flexibility index (Phi) is 5.17. The fraction of sp³-hybridized carbons (Fsp3) is 0.0435. The van der Waals surface area contributed by atoms with E-state index in [9.17, 15) is 14.0 Å². The summed E-state index contributed by atoms with van der Waals surface area (Å²) in [6, 6.07) is 19.7. The summed E-state index contributed by atoms with van der Waals surface area (Å²) in [5.41, 5.74) is 3.85. The van der Waals surface area contributed by atoms with Crippen LogP contribution < -0.4 is 5.32 Å². The lowest BCUT2D eigenvalue weighted by molar-refractivity contribution is 0.101. The van der Waals surface area contributed by atoms with Crippen LogP contribution in [0.25, 0.3) is 16.9 Å². The van der Waals surface area contributed by atoms with Crippen LogP contribution in [0.15, 0.2) is 79.0 Å². The Labute approximate surface area is 172 Å². The lowest BCUT2D eigenvalue weighted by atomic mass is 10.1. The highest BCUT2D eigenvalue weighted by molar-refractivity contribution is 6.04. The average Bonchev–Trinajstić information content (AvgIpc) is 3.24. The van der Waals surface area contributed by atoms with Gasteiger partial charge in [0.2, 0.25) is 0 Å². The number of nitrogens with zero attached hydrogens (tertiary/aromatic N) is 3. The van der Waals surface area contributed by atoms with Crippen molar-refractivity contribution in [3.05, 3.63) is 95.9 Å². The molecule has 0 aliphatic heterocycles. The molecule has 7 heteroatoms. The predicted molar refractivity (Wildman–Crippen MR) is 111 cm³/mol. The molecule has 0 saturated heterocycles. The summed E-state index contributed by atoms with van der Waals surface area (Å²) < 4.78 is 14.8. The Morgan fingerprint density at radius 3 is 2.13 bits per heavy atom. The number of anilines is 1. The Morgan fingerprint density at radius 1 is 0.867 bits per heavy atom. The number of Topliss-reactive ketones (excluding diaryl/α,β-unsaturated/α-hetero) is 1. The topological polar surface area (TPSA) is 76.9 Å². The van der Waals surface area contributed by atoms with Gasteiger partial charge in [-0.25, -0.2) is 9.07 Å². The zero-order valence-corrected chi connectivity index (χ0v) is 16.0. The Balaban J connectivity index is 1.52. The monoisotopic (exact) mass is 400 g/mol. The van der Waals surface area contributed by atoms with Crippen molar-refractivity contribution in [2.75, 3.05) is 5.32 Å². The third-order valence-electron chi connectivity index (χ3n) is 4.61. The molecule has 0 fully saturated rings. The molecule has 0 unspecified atom stereocenters. The highest BCUT2D eigenvalue weighted by atomic mass is 19.1. The van der Waals surface area contributed by atoms with E-state index >= 15 is 0 Å². The number of ketones is 1. The number of hydrogen-bond acceptors (Lipinski definition) is 4. The number of carbonyl (C=O) groups is 2. The molecular weight excluding hydrogens is 383 g/mol. The molecule has 0 radical (unpaired) electrons. The Hall–Kier alpha value is -4.13. The van der Waals surface area contributed by atoms with Gasteiger partial charge in [0.1, 0.15) is 5.82 Å². The SMILES string of the molecule is CC(=O)c1ccc(NC(=O)c2ccc(-n3nncc3-c3ccc(F)cc3)cc2)cc1. The van der Waals surface area contributed by atoms with E-state index in [2.05, 4.69) is 15.6 Å². The zero-order chi connectivity index (χ0) is 21.1. The van der Waals surface area contributed by atoms with Gasteiger partial charge in [0.25, 0.3) is 5.91 Å². The second-order valence-electron chi connectivity index (χ2n) is 6.67. The lowest BCUT2D eigenvalue weighted by Crippen LogP contribution is -2.12. The van der Waals surface area contributed by atoms with Gasteiger partial charge in [-0.3, -0.25) is 9.59 Å². The van der Waals surface area contributed by atoms with Gasteiger partial charge in [0.05, 0.1) is 17.6 Å². The van der Waals surface area contributed by atoms with E-state index < -0.39 is 0 Å². The average molecular weight is 400 g/mol. The first-order valence-electron chi connectivity index (χ1n) is 9.21. The number of nitrogens with one attached hydrogen (secondary N) is 1. The van der Waals surface area contributed by atoms with Crippen LogP contribution in [0, 0.1) is 5.82 Å². The second kappa shape index (κ2) is 8.08. The summed E-state index contributed by atoms with van der Waals surface area (Å²) in [6.45, 7) is 1.49. The predicted octanol–water partition coefficient (Wildman–Crippen LogP) is 4.53. The highest BCUT2D eigenvalue weighted by Crippen LogP contribution is 2.22. The van der Waals surface area contributed by atoms with Crippen LogP contribution in [0.3, 0.4) is 0 Å². The van der Waals surface area contributed by atoms with Gasteiger partial charge in [0, 0.05) is 22.4 Å². The molecule has 0 atom stereocenters. The maximum Gasteiger partial charge on any atom is 0.255 e. The number of rotatable bonds is 5. The molecule has 1 amide bonds. The number of aromatic nitrogens is 3. The quantitative estimate of drug-likeness (QED) is 0.500. The van der Waals surface area contributed by atoms with Gasteiger partial charge in [0.15, 0.2) is 5.78 Å². The molecule has 1 heterocycles. The number of halogens is 1. The summed E-state index contributed by atoms with van der Waals surface area (Å²) >= 11 is 0. The molecule has 0 aliphatic rings. The summed E-state index contributed by atoms with van der Waals surface area (Å²) in [4.78, 5) is 23.8. The fourth-order valence-corrected chi connectivity index (χ4v) is 2.99. The van der Waals surface area contributed by atoms with Crippen molar-refractivity contribution in [3.8, 4) is 16.9 Å². The van der Waals surface area contributed by atoms with Gasteiger partial charge >= 0.3 is 0 Å². The Morgan fingerprint density at radius 2 is 1.50 bits per heavy atom. The molecule has 4 rings (SSSR count). The van der Waals surface area contributed by atoms with Crippen molar-refractivity contribution in [2.24, 2.45) is 0 Å². The van der Waals surface area contributed by atoms with Crippen LogP contribution in [0.2, 0.25) is 0 Å². The van der Waals surface area contributed by atoms with E-state index in [1.165, 1.54) is 19.1 Å². The maximum atomic E-state index is 13.2. The van der Waals surface area contributed by atoms with Gasteiger partial charge in [-0.1, -0.05) is 5.21 Å². The molecule has 0 saturated carbocycles. The number of amides is 1. The van der Waals surface area contributed by atoms with Crippen molar-refractivity contribution >= 4 is 17.4 Å². The maximum absolute atomic E-state index is 13.2. The summed E-state index contributed by atoms with van der Waals surface area (Å²) in [6.07, 6.45) is 1.60. The smallest absolute Gasteiger partial charge is 0.255 e. The van der Waals surface area contributed by atoms with Crippen LogP contribution in [0.1, 0.15) is 27.6 Å². The number of hydrogen-bond donors (Lipinski definition) is 1. The first-order chi connectivity index (χ1) is 14.5. The van der Waals surface area contributed by atoms with E-state index in [0.29, 0.717) is 28.2 Å². The van der Waals surface area contributed by atoms with E-state index in [1.807, 2.05) is 0 Å². The molecule has 0 bridgehead atoms. The largest absolute Gasteiger partial charge is 0.322 e. The van der Waals surface area contributed by atoms with Crippen molar-refractivity contribution in [1.29, 1.82) is 0 Å². The van der Waals surface area contributed by atoms with E-state index in [-0.39, 0.29) is 17.5 Å². The molecular formula is C23H17FN4O2. The first-order valence-corrected chi connectivity index (χ1v) is 9.21. The number of carbonyl (C=O) groups excluding carboxylic acids is 2. The molecule has 1 N–H and O–H groups in total. The third kappa shape index (κ3) is 4.00. The molecule has 4 aromatic rings. The molecule has 3 aromatic carbocycles. The lowest BCUT2D eigenvalue weighted by Gasteiger charge is -2.09. The molecule has 148 valence electrons. The van der Waals surface area contributed by atoms with Crippen molar-refractivity contribution in [1.82, 2.24) is 15.0 Å². The standard InChI is InChI=1S/C23H17FN4O2/c1-15(29)16-4-10-20(11-5-16)26-23(30)18-6-12-21(13-7-18)28-22(14-25-27-28)17-2-8-19(24)9-3-17/h2-14H,1H3,(H,26,30). The second-order valence-corrected chi connectivity index (χ2v) is 6.67. The van der Waals surface area contributed by atoms with Crippen molar-refractivity contribution < 1.29 is 14.0 Å². The van der Waals surface area contributed by atoms with Gasteiger partial charge in [-0.15, -0.1) is 5.10 Å². The van der Waals surface area contributed by atoms with Gasteiger partial charge < -0.3 is 5.32 Å². The first kappa shape index (κ1) is 19.2. The molecule has 0 aliphatic carbocycles. The van der Waals surface area contributed by atoms with Crippen LogP contribution in [-0.4, -0.2) is 26.7 Å². The van der Waals surface area contributed by atoms with Crippen LogP contribution >= 0.6 is 0 Å². The zero-order valence-electron chi connectivity index (χ0n) is 16.0. The van der Waals surface area contributed by atoms with E-state index in [0.717, 1.165) is 5.56 Å². The molecule has 6 nitrogen and oxygen atoms in total. The van der Waals surface area contributed by atoms with Crippen molar-refractivity contribution in [3.63, 3.8) is 0 Å². The van der Waals surface area contributed by atoms with Gasteiger partial charge in [-0.05, 0) is 79.7 Å². The summed E-state index contributed by atoms with van der Waals surface area (Å²) in [5.74, 6) is -0.616. The van der Waals surface area contributed by atoms with E-state index in [1.54, 1.807) is 71.5 Å². The van der Waals surface area contributed by atoms with Crippen LogP contribution in [0.5, 0.6) is 0 Å². The Bertz CT molecular complexity index is 1200. The van der Waals surface area contributed by atoms with Crippen molar-refractivity contribution in [2.45, 2.75) is 6.92 Å². The number of benzene rings is 3. The van der Waals surface area contributed by atoms with E-state index in [4.69, 9.17) is 0 Å². The fourth-order valence-electron chi connectivity index (χ4n) is 2.99. The molecule has 30 heavy (non-hydrogen) atoms. The van der Waals surface area contributed by atoms with Gasteiger partial charge in [-0.2, -0.15) is 0 Å². The highest BCUT2D eigenvalue weighted by Gasteiger charge is 2.11. The van der Waals surface area contributed by atoms with Crippen LogP contribution in [0.4, 0.5) is 10.1 Å². The minimum Gasteiger partial charge on any atom is -0.322 e. The molecule has 0 spiro atoms. The summed E-state index contributed by atoms with van der Waals surface area (Å²) in [5, 5.41) is 10.8. The minimum atomic E-state index is -0.316. The normalized spacial score (nSPS) is 10.6. The van der Waals surface area contributed by atoms with Crippen LogP contribution in [-0.2, 0) is 0 Å².